The van der Waals surface area contributed by atoms with Gasteiger partial charge >= 0.3 is 0 Å². The van der Waals surface area contributed by atoms with Crippen molar-refractivity contribution in [3.8, 4) is 0 Å². The molecule has 0 saturated heterocycles. The predicted molar refractivity (Wildman–Crippen MR) is 81.3 cm³/mol. The van der Waals surface area contributed by atoms with E-state index in [1.807, 2.05) is 0 Å². The second-order valence-corrected chi connectivity index (χ2v) is 7.59. The molecule has 0 amide bonds. The molecule has 0 aromatic carbocycles. The zero-order chi connectivity index (χ0) is 13.9. The van der Waals surface area contributed by atoms with Gasteiger partial charge in [-0.3, -0.25) is 0 Å². The van der Waals surface area contributed by atoms with Gasteiger partial charge in [0.1, 0.15) is 5.82 Å². The number of nitrogens with two attached hydrogens (primary N) is 1. The number of rotatable bonds is 3. The highest BCUT2D eigenvalue weighted by Crippen LogP contribution is 2.56. The highest BCUT2D eigenvalue weighted by atomic mass is 15.3. The summed E-state index contributed by atoms with van der Waals surface area (Å²) in [6.07, 6.45) is 8.46. The van der Waals surface area contributed by atoms with E-state index in [0.717, 1.165) is 48.4 Å². The van der Waals surface area contributed by atoms with Gasteiger partial charge in [0, 0.05) is 12.1 Å². The van der Waals surface area contributed by atoms with E-state index in [2.05, 4.69) is 18.5 Å². The van der Waals surface area contributed by atoms with Crippen LogP contribution in [-0.4, -0.2) is 9.78 Å². The molecule has 0 spiro atoms. The van der Waals surface area contributed by atoms with Gasteiger partial charge in [0.15, 0.2) is 0 Å². The van der Waals surface area contributed by atoms with Crippen LogP contribution in [0.15, 0.2) is 0 Å². The highest BCUT2D eigenvalue weighted by molar-refractivity contribution is 5.42. The minimum atomic E-state index is 0.842. The van der Waals surface area contributed by atoms with E-state index < -0.39 is 0 Å². The van der Waals surface area contributed by atoms with Crippen molar-refractivity contribution in [1.82, 2.24) is 9.78 Å². The number of nitrogen functional groups attached to an aromatic ring is 1. The van der Waals surface area contributed by atoms with Crippen LogP contribution in [0, 0.1) is 36.5 Å². The Morgan fingerprint density at radius 2 is 1.70 bits per heavy atom. The van der Waals surface area contributed by atoms with Gasteiger partial charge in [-0.1, -0.05) is 6.92 Å². The second kappa shape index (κ2) is 4.51. The first kappa shape index (κ1) is 12.7. The molecule has 4 fully saturated rings. The van der Waals surface area contributed by atoms with Crippen molar-refractivity contribution < 1.29 is 0 Å². The standard InChI is InChI=1S/C17H27N3/c1-3-16-10(2)17(18)20(19-16)9-15-13-5-11-4-12(7-13)8-14(15)6-11/h11-15H,3-9,18H2,1-2H3. The summed E-state index contributed by atoms with van der Waals surface area (Å²) in [4.78, 5) is 0. The molecule has 4 bridgehead atoms. The first-order valence-corrected chi connectivity index (χ1v) is 8.47. The Hall–Kier alpha value is -0.990. The molecule has 2 N–H and O–H groups in total. The molecule has 3 nitrogen and oxygen atoms in total. The quantitative estimate of drug-likeness (QED) is 0.917. The molecule has 1 aromatic rings. The number of aryl methyl sites for hydroxylation is 1. The van der Waals surface area contributed by atoms with Crippen LogP contribution in [0.4, 0.5) is 5.82 Å². The Kier molecular flexibility index (Phi) is 2.87. The molecule has 4 aliphatic rings. The van der Waals surface area contributed by atoms with E-state index in [4.69, 9.17) is 10.8 Å². The van der Waals surface area contributed by atoms with Crippen LogP contribution in [0.3, 0.4) is 0 Å². The molecule has 1 aromatic heterocycles. The van der Waals surface area contributed by atoms with Crippen molar-refractivity contribution in [2.45, 2.75) is 58.9 Å². The minimum absolute atomic E-state index is 0.842. The van der Waals surface area contributed by atoms with Gasteiger partial charge in [-0.2, -0.15) is 5.10 Å². The van der Waals surface area contributed by atoms with E-state index in [9.17, 15) is 0 Å². The first-order valence-electron chi connectivity index (χ1n) is 8.47. The summed E-state index contributed by atoms with van der Waals surface area (Å²) in [5, 5.41) is 4.77. The molecule has 20 heavy (non-hydrogen) atoms. The summed E-state index contributed by atoms with van der Waals surface area (Å²) in [6, 6.07) is 0. The predicted octanol–water partition coefficient (Wildman–Crippen LogP) is 3.41. The third-order valence-electron chi connectivity index (χ3n) is 6.48. The molecule has 4 aliphatic carbocycles. The number of aromatic nitrogens is 2. The minimum Gasteiger partial charge on any atom is -0.384 e. The average molecular weight is 273 g/mol. The molecule has 5 rings (SSSR count). The topological polar surface area (TPSA) is 43.8 Å². The van der Waals surface area contributed by atoms with Crippen LogP contribution in [0.1, 0.15) is 50.3 Å². The Bertz CT molecular complexity index is 489. The SMILES string of the molecule is CCc1nn(CC2C3CC4CC(C3)CC2C4)c(N)c1C. The van der Waals surface area contributed by atoms with Gasteiger partial charge in [0.25, 0.3) is 0 Å². The number of hydrogen-bond donors (Lipinski definition) is 1. The van der Waals surface area contributed by atoms with Crippen LogP contribution in [0.5, 0.6) is 0 Å². The third-order valence-corrected chi connectivity index (χ3v) is 6.48. The first-order chi connectivity index (χ1) is 9.65. The van der Waals surface area contributed by atoms with Gasteiger partial charge < -0.3 is 5.73 Å². The van der Waals surface area contributed by atoms with E-state index in [1.54, 1.807) is 0 Å². The lowest BCUT2D eigenvalue weighted by atomic mass is 9.52. The summed E-state index contributed by atoms with van der Waals surface area (Å²) in [5.41, 5.74) is 8.67. The molecule has 0 radical (unpaired) electrons. The molecule has 4 saturated carbocycles. The maximum atomic E-state index is 6.28. The van der Waals surface area contributed by atoms with E-state index in [-0.39, 0.29) is 0 Å². The Morgan fingerprint density at radius 3 is 2.20 bits per heavy atom. The highest BCUT2D eigenvalue weighted by Gasteiger charge is 2.48. The molecular weight excluding hydrogens is 246 g/mol. The van der Waals surface area contributed by atoms with Crippen molar-refractivity contribution in [2.75, 3.05) is 5.73 Å². The van der Waals surface area contributed by atoms with Gasteiger partial charge in [0.05, 0.1) is 5.69 Å². The van der Waals surface area contributed by atoms with Gasteiger partial charge in [-0.15, -0.1) is 0 Å². The summed E-state index contributed by atoms with van der Waals surface area (Å²) < 4.78 is 2.13. The smallest absolute Gasteiger partial charge is 0.124 e. The molecular formula is C17H27N3. The summed E-state index contributed by atoms with van der Waals surface area (Å²) in [5.74, 6) is 5.78. The molecule has 110 valence electrons. The number of anilines is 1. The maximum Gasteiger partial charge on any atom is 0.124 e. The van der Waals surface area contributed by atoms with Crippen molar-refractivity contribution in [3.63, 3.8) is 0 Å². The van der Waals surface area contributed by atoms with E-state index >= 15 is 0 Å². The largest absolute Gasteiger partial charge is 0.384 e. The van der Waals surface area contributed by atoms with Crippen LogP contribution >= 0.6 is 0 Å². The van der Waals surface area contributed by atoms with Crippen molar-refractivity contribution in [2.24, 2.45) is 29.6 Å². The molecule has 0 aliphatic heterocycles. The normalized spacial score (nSPS) is 38.6. The van der Waals surface area contributed by atoms with Gasteiger partial charge in [-0.05, 0) is 75.0 Å². The van der Waals surface area contributed by atoms with Crippen LogP contribution < -0.4 is 5.73 Å². The van der Waals surface area contributed by atoms with Crippen LogP contribution in [0.25, 0.3) is 0 Å². The summed E-state index contributed by atoms with van der Waals surface area (Å²) >= 11 is 0. The maximum absolute atomic E-state index is 6.28. The zero-order valence-electron chi connectivity index (χ0n) is 12.8. The zero-order valence-corrected chi connectivity index (χ0v) is 12.8. The average Bonchev–Trinajstić information content (AvgIpc) is 2.69. The number of nitrogens with zero attached hydrogens (tertiary/aromatic N) is 2. The fourth-order valence-corrected chi connectivity index (χ4v) is 5.63. The number of hydrogen-bond acceptors (Lipinski definition) is 2. The molecule has 0 atom stereocenters. The van der Waals surface area contributed by atoms with E-state index in [1.165, 1.54) is 43.4 Å². The van der Waals surface area contributed by atoms with Crippen LogP contribution in [-0.2, 0) is 13.0 Å². The lowest BCUT2D eigenvalue weighted by Crippen LogP contribution is -2.46. The summed E-state index contributed by atoms with van der Waals surface area (Å²) in [7, 11) is 0. The van der Waals surface area contributed by atoms with Crippen molar-refractivity contribution >= 4 is 5.82 Å². The van der Waals surface area contributed by atoms with Crippen molar-refractivity contribution in [3.05, 3.63) is 11.3 Å². The summed E-state index contributed by atoms with van der Waals surface area (Å²) in [6.45, 7) is 5.36. The fraction of sp³-hybridized carbons (Fsp3) is 0.824. The van der Waals surface area contributed by atoms with Crippen LogP contribution in [0.2, 0.25) is 0 Å². The molecule has 0 unspecified atom stereocenters. The third kappa shape index (κ3) is 1.82. The Morgan fingerprint density at radius 1 is 1.10 bits per heavy atom. The monoisotopic (exact) mass is 273 g/mol. The molecule has 1 heterocycles. The van der Waals surface area contributed by atoms with Gasteiger partial charge in [0.2, 0.25) is 0 Å². The Balaban J connectivity index is 1.57. The lowest BCUT2D eigenvalue weighted by molar-refractivity contribution is -0.0440. The lowest BCUT2D eigenvalue weighted by Gasteiger charge is -2.54. The Labute approximate surface area is 121 Å². The van der Waals surface area contributed by atoms with Crippen molar-refractivity contribution in [1.29, 1.82) is 0 Å². The molecule has 3 heteroatoms. The van der Waals surface area contributed by atoms with Gasteiger partial charge in [-0.25, -0.2) is 4.68 Å². The van der Waals surface area contributed by atoms with E-state index in [0.29, 0.717) is 0 Å². The second-order valence-electron chi connectivity index (χ2n) is 7.59. The fourth-order valence-electron chi connectivity index (χ4n) is 5.63.